The van der Waals surface area contributed by atoms with Crippen molar-refractivity contribution in [1.29, 1.82) is 5.26 Å². The minimum Gasteiger partial charge on any atom is -0.319 e. The third kappa shape index (κ3) is 2.20. The highest BCUT2D eigenvalue weighted by Crippen LogP contribution is 2.17. The number of aryl methyl sites for hydroxylation is 2. The molecule has 0 atom stereocenters. The topological polar surface area (TPSA) is 94.5 Å². The number of nitrogens with one attached hydrogen (secondary N) is 2. The van der Waals surface area contributed by atoms with E-state index in [1.54, 1.807) is 13.0 Å². The van der Waals surface area contributed by atoms with E-state index in [2.05, 4.69) is 20.5 Å². The van der Waals surface area contributed by atoms with Crippen LogP contribution in [0.4, 0.5) is 5.69 Å². The Morgan fingerprint density at radius 1 is 1.50 bits per heavy atom. The fourth-order valence-electron chi connectivity index (χ4n) is 1.55. The van der Waals surface area contributed by atoms with Crippen LogP contribution < -0.4 is 5.32 Å². The summed E-state index contributed by atoms with van der Waals surface area (Å²) >= 11 is 0. The molecule has 0 aliphatic carbocycles. The van der Waals surface area contributed by atoms with Gasteiger partial charge in [0.15, 0.2) is 0 Å². The predicted octanol–water partition coefficient (Wildman–Crippen LogP) is 1.55. The van der Waals surface area contributed by atoms with Gasteiger partial charge in [-0.1, -0.05) is 0 Å². The third-order valence-electron chi connectivity index (χ3n) is 2.50. The highest BCUT2D eigenvalue weighted by Gasteiger charge is 2.12. The lowest BCUT2D eigenvalue weighted by atomic mass is 10.2. The van der Waals surface area contributed by atoms with Crippen LogP contribution in [0.15, 0.2) is 18.3 Å². The number of H-pyrrole nitrogens is 1. The average molecular weight is 241 g/mol. The normalized spacial score (nSPS) is 9.83. The Hall–Kier alpha value is -2.68. The number of aromatic nitrogens is 3. The number of amides is 1. The van der Waals surface area contributed by atoms with Gasteiger partial charge in [0.05, 0.1) is 17.1 Å². The number of pyridine rings is 1. The number of aromatic amines is 1. The molecule has 0 spiro atoms. The average Bonchev–Trinajstić information content (AvgIpc) is 2.70. The van der Waals surface area contributed by atoms with E-state index in [-0.39, 0.29) is 11.6 Å². The first-order valence-corrected chi connectivity index (χ1v) is 5.31. The van der Waals surface area contributed by atoms with Crippen LogP contribution in [0.1, 0.15) is 27.4 Å². The molecule has 0 aliphatic rings. The first kappa shape index (κ1) is 11.8. The van der Waals surface area contributed by atoms with Crippen LogP contribution >= 0.6 is 0 Å². The standard InChI is InChI=1S/C12H11N5O/c1-7-11(8(2)17-16-7)15-12(18)9-3-4-14-10(5-9)6-13/h3-5H,1-2H3,(H,15,18)(H,16,17). The molecule has 6 heteroatoms. The van der Waals surface area contributed by atoms with Gasteiger partial charge in [0.2, 0.25) is 0 Å². The Morgan fingerprint density at radius 3 is 2.89 bits per heavy atom. The fraction of sp³-hybridized carbons (Fsp3) is 0.167. The van der Waals surface area contributed by atoms with Crippen molar-refractivity contribution in [2.45, 2.75) is 13.8 Å². The predicted molar refractivity (Wildman–Crippen MR) is 65.0 cm³/mol. The molecule has 0 aromatic carbocycles. The Bertz CT molecular complexity index is 619. The maximum absolute atomic E-state index is 12.0. The van der Waals surface area contributed by atoms with E-state index in [1.807, 2.05) is 13.0 Å². The zero-order valence-corrected chi connectivity index (χ0v) is 9.98. The van der Waals surface area contributed by atoms with Gasteiger partial charge in [0, 0.05) is 11.8 Å². The second-order valence-corrected chi connectivity index (χ2v) is 3.80. The Labute approximate surface area is 104 Å². The minimum atomic E-state index is -0.290. The third-order valence-corrected chi connectivity index (χ3v) is 2.50. The molecule has 1 amide bonds. The van der Waals surface area contributed by atoms with Gasteiger partial charge in [-0.2, -0.15) is 10.4 Å². The van der Waals surface area contributed by atoms with E-state index in [1.165, 1.54) is 12.3 Å². The summed E-state index contributed by atoms with van der Waals surface area (Å²) in [5.74, 6) is -0.290. The molecule has 0 radical (unpaired) electrons. The van der Waals surface area contributed by atoms with E-state index in [0.29, 0.717) is 11.3 Å². The van der Waals surface area contributed by atoms with E-state index < -0.39 is 0 Å². The van der Waals surface area contributed by atoms with Gasteiger partial charge in [-0.05, 0) is 26.0 Å². The van der Waals surface area contributed by atoms with Crippen molar-refractivity contribution >= 4 is 11.6 Å². The maximum Gasteiger partial charge on any atom is 0.255 e. The summed E-state index contributed by atoms with van der Waals surface area (Å²) in [6.07, 6.45) is 1.43. The van der Waals surface area contributed by atoms with Crippen molar-refractivity contribution in [3.8, 4) is 6.07 Å². The lowest BCUT2D eigenvalue weighted by Gasteiger charge is -2.05. The molecule has 0 unspecified atom stereocenters. The number of nitrogens with zero attached hydrogens (tertiary/aromatic N) is 3. The zero-order valence-electron chi connectivity index (χ0n) is 9.98. The molecule has 2 rings (SSSR count). The number of nitriles is 1. The van der Waals surface area contributed by atoms with Crippen LogP contribution in [0.3, 0.4) is 0 Å². The van der Waals surface area contributed by atoms with Gasteiger partial charge in [-0.25, -0.2) is 4.98 Å². The lowest BCUT2D eigenvalue weighted by molar-refractivity contribution is 0.102. The number of hydrogen-bond acceptors (Lipinski definition) is 4. The van der Waals surface area contributed by atoms with E-state index in [9.17, 15) is 4.79 Å². The van der Waals surface area contributed by atoms with Crippen LogP contribution in [-0.4, -0.2) is 21.1 Å². The van der Waals surface area contributed by atoms with Crippen LogP contribution in [0.2, 0.25) is 0 Å². The Morgan fingerprint density at radius 2 is 2.28 bits per heavy atom. The summed E-state index contributed by atoms with van der Waals surface area (Å²) in [5, 5.41) is 18.3. The van der Waals surface area contributed by atoms with Gasteiger partial charge < -0.3 is 5.32 Å². The van der Waals surface area contributed by atoms with Crippen molar-refractivity contribution in [1.82, 2.24) is 15.2 Å². The van der Waals surface area contributed by atoms with Crippen molar-refractivity contribution in [2.24, 2.45) is 0 Å². The molecular weight excluding hydrogens is 230 g/mol. The largest absolute Gasteiger partial charge is 0.319 e. The monoisotopic (exact) mass is 241 g/mol. The van der Waals surface area contributed by atoms with Gasteiger partial charge in [0.1, 0.15) is 11.8 Å². The van der Waals surface area contributed by atoms with Crippen molar-refractivity contribution in [2.75, 3.05) is 5.32 Å². The van der Waals surface area contributed by atoms with E-state index in [0.717, 1.165) is 11.4 Å². The van der Waals surface area contributed by atoms with Crippen molar-refractivity contribution < 1.29 is 4.79 Å². The number of anilines is 1. The molecule has 0 saturated carbocycles. The van der Waals surface area contributed by atoms with E-state index >= 15 is 0 Å². The number of carbonyl (C=O) groups excluding carboxylic acids is 1. The number of hydrogen-bond donors (Lipinski definition) is 2. The van der Waals surface area contributed by atoms with E-state index in [4.69, 9.17) is 5.26 Å². The van der Waals surface area contributed by atoms with Crippen LogP contribution in [0, 0.1) is 25.2 Å². The highest BCUT2D eigenvalue weighted by molar-refractivity contribution is 6.04. The van der Waals surface area contributed by atoms with Gasteiger partial charge >= 0.3 is 0 Å². The van der Waals surface area contributed by atoms with Gasteiger partial charge in [-0.15, -0.1) is 0 Å². The maximum atomic E-state index is 12.0. The molecule has 0 aliphatic heterocycles. The molecule has 0 fully saturated rings. The SMILES string of the molecule is Cc1n[nH]c(C)c1NC(=O)c1ccnc(C#N)c1. The molecule has 0 saturated heterocycles. The fourth-order valence-corrected chi connectivity index (χ4v) is 1.55. The molecule has 2 N–H and O–H groups in total. The number of carbonyl (C=O) groups is 1. The molecule has 6 nitrogen and oxygen atoms in total. The molecule has 18 heavy (non-hydrogen) atoms. The quantitative estimate of drug-likeness (QED) is 0.833. The summed E-state index contributed by atoms with van der Waals surface area (Å²) in [6.45, 7) is 3.62. The molecule has 2 heterocycles. The first-order chi connectivity index (χ1) is 8.61. The summed E-state index contributed by atoms with van der Waals surface area (Å²) in [4.78, 5) is 15.8. The molecule has 0 bridgehead atoms. The van der Waals surface area contributed by atoms with Crippen LogP contribution in [-0.2, 0) is 0 Å². The van der Waals surface area contributed by atoms with Gasteiger partial charge in [-0.3, -0.25) is 9.89 Å². The second-order valence-electron chi connectivity index (χ2n) is 3.80. The van der Waals surface area contributed by atoms with Crippen molar-refractivity contribution in [3.63, 3.8) is 0 Å². The molecule has 2 aromatic rings. The van der Waals surface area contributed by atoms with Crippen molar-refractivity contribution in [3.05, 3.63) is 41.0 Å². The van der Waals surface area contributed by atoms with Crippen LogP contribution in [0.5, 0.6) is 0 Å². The lowest BCUT2D eigenvalue weighted by Crippen LogP contribution is -2.13. The zero-order chi connectivity index (χ0) is 13.1. The molecule has 90 valence electrons. The molecule has 2 aromatic heterocycles. The summed E-state index contributed by atoms with van der Waals surface area (Å²) in [6, 6.07) is 4.90. The minimum absolute atomic E-state index is 0.211. The first-order valence-electron chi connectivity index (χ1n) is 5.31. The van der Waals surface area contributed by atoms with Gasteiger partial charge in [0.25, 0.3) is 5.91 Å². The molecular formula is C12H11N5O. The highest BCUT2D eigenvalue weighted by atomic mass is 16.1. The smallest absolute Gasteiger partial charge is 0.255 e. The Balaban J connectivity index is 2.25. The Kier molecular flexibility index (Phi) is 3.06. The summed E-state index contributed by atoms with van der Waals surface area (Å²) in [5.41, 5.74) is 2.77. The second kappa shape index (κ2) is 4.67. The summed E-state index contributed by atoms with van der Waals surface area (Å²) in [7, 11) is 0. The number of rotatable bonds is 2. The summed E-state index contributed by atoms with van der Waals surface area (Å²) < 4.78 is 0. The van der Waals surface area contributed by atoms with Crippen LogP contribution in [0.25, 0.3) is 0 Å².